The van der Waals surface area contributed by atoms with Crippen molar-refractivity contribution in [2.75, 3.05) is 26.7 Å². The monoisotopic (exact) mass is 225 g/mol. The Bertz CT molecular complexity index is 251. The molecule has 0 aromatic carbocycles. The Kier molecular flexibility index (Phi) is 3.69. The first-order chi connectivity index (χ1) is 7.74. The summed E-state index contributed by atoms with van der Waals surface area (Å²) < 4.78 is 0. The normalized spacial score (nSPS) is 27.1. The molecule has 2 N–H and O–H groups in total. The minimum absolute atomic E-state index is 0.199. The van der Waals surface area contributed by atoms with E-state index in [0.29, 0.717) is 12.6 Å². The molecule has 2 amide bonds. The minimum atomic E-state index is 0.199. The van der Waals surface area contributed by atoms with Gasteiger partial charge in [0.1, 0.15) is 0 Å². The molecule has 0 aromatic rings. The molecule has 1 unspecified atom stereocenters. The maximum atomic E-state index is 12.0. The molecular formula is C12H23N3O. The fraction of sp³-hybridized carbons (Fsp3) is 0.917. The van der Waals surface area contributed by atoms with Gasteiger partial charge in [-0.15, -0.1) is 0 Å². The summed E-state index contributed by atoms with van der Waals surface area (Å²) in [6.07, 6.45) is 6.19. The molecule has 2 aliphatic rings. The van der Waals surface area contributed by atoms with Crippen molar-refractivity contribution < 1.29 is 4.79 Å². The van der Waals surface area contributed by atoms with Gasteiger partial charge >= 0.3 is 6.03 Å². The van der Waals surface area contributed by atoms with E-state index < -0.39 is 0 Å². The topological polar surface area (TPSA) is 49.6 Å². The third kappa shape index (κ3) is 2.17. The first kappa shape index (κ1) is 11.7. The smallest absolute Gasteiger partial charge is 0.320 e. The molecule has 0 radical (unpaired) electrons. The van der Waals surface area contributed by atoms with Crippen LogP contribution in [0.3, 0.4) is 0 Å². The van der Waals surface area contributed by atoms with E-state index in [1.165, 1.54) is 25.7 Å². The predicted octanol–water partition coefficient (Wildman–Crippen LogP) is 1.26. The Labute approximate surface area is 97.8 Å². The standard InChI is InChI=1S/C12H23N3O/c1-14-11(10-5-2-3-6-10)9-15(12(14)16)8-4-7-13/h10-11H,2-9,13H2,1H3. The van der Waals surface area contributed by atoms with E-state index >= 15 is 0 Å². The van der Waals surface area contributed by atoms with Gasteiger partial charge in [0.25, 0.3) is 0 Å². The molecule has 4 heteroatoms. The van der Waals surface area contributed by atoms with Crippen molar-refractivity contribution in [1.29, 1.82) is 0 Å². The molecule has 0 bridgehead atoms. The van der Waals surface area contributed by atoms with Crippen LogP contribution in [0.1, 0.15) is 32.1 Å². The van der Waals surface area contributed by atoms with Crippen LogP contribution in [0.15, 0.2) is 0 Å². The molecule has 0 aromatic heterocycles. The second-order valence-corrected chi connectivity index (χ2v) is 5.09. The summed E-state index contributed by atoms with van der Waals surface area (Å²) in [5.74, 6) is 0.733. The highest BCUT2D eigenvalue weighted by atomic mass is 16.2. The number of amides is 2. The highest BCUT2D eigenvalue weighted by molar-refractivity contribution is 5.76. The zero-order chi connectivity index (χ0) is 11.5. The summed E-state index contributed by atoms with van der Waals surface area (Å²) >= 11 is 0. The van der Waals surface area contributed by atoms with Gasteiger partial charge < -0.3 is 15.5 Å². The molecule has 1 saturated heterocycles. The summed E-state index contributed by atoms with van der Waals surface area (Å²) in [6.45, 7) is 2.41. The summed E-state index contributed by atoms with van der Waals surface area (Å²) in [5, 5.41) is 0. The summed E-state index contributed by atoms with van der Waals surface area (Å²) in [6, 6.07) is 0.651. The predicted molar refractivity (Wildman–Crippen MR) is 64.1 cm³/mol. The summed E-state index contributed by atoms with van der Waals surface area (Å²) in [7, 11) is 1.95. The van der Waals surface area contributed by atoms with Crippen molar-refractivity contribution in [3.8, 4) is 0 Å². The van der Waals surface area contributed by atoms with Gasteiger partial charge in [-0.25, -0.2) is 4.79 Å². The van der Waals surface area contributed by atoms with E-state index in [0.717, 1.165) is 25.4 Å². The van der Waals surface area contributed by atoms with Gasteiger partial charge in [0, 0.05) is 20.1 Å². The number of hydrogen-bond acceptors (Lipinski definition) is 2. The van der Waals surface area contributed by atoms with Crippen molar-refractivity contribution in [2.24, 2.45) is 11.7 Å². The zero-order valence-electron chi connectivity index (χ0n) is 10.2. The first-order valence-corrected chi connectivity index (χ1v) is 6.46. The van der Waals surface area contributed by atoms with Crippen LogP contribution in [0.5, 0.6) is 0 Å². The molecule has 2 fully saturated rings. The maximum absolute atomic E-state index is 12.0. The molecule has 92 valence electrons. The van der Waals surface area contributed by atoms with Gasteiger partial charge in [0.05, 0.1) is 6.04 Å². The molecular weight excluding hydrogens is 202 g/mol. The highest BCUT2D eigenvalue weighted by Crippen LogP contribution is 2.33. The molecule has 1 atom stereocenters. The van der Waals surface area contributed by atoms with E-state index in [9.17, 15) is 4.79 Å². The van der Waals surface area contributed by atoms with Gasteiger partial charge in [-0.05, 0) is 31.7 Å². The van der Waals surface area contributed by atoms with E-state index in [1.807, 2.05) is 16.8 Å². The molecule has 16 heavy (non-hydrogen) atoms. The number of nitrogens with zero attached hydrogens (tertiary/aromatic N) is 2. The minimum Gasteiger partial charge on any atom is -0.330 e. The SMILES string of the molecule is CN1C(=O)N(CCCN)CC1C1CCCC1. The van der Waals surface area contributed by atoms with Crippen LogP contribution in [-0.2, 0) is 0 Å². The van der Waals surface area contributed by atoms with Crippen molar-refractivity contribution >= 4 is 6.03 Å². The van der Waals surface area contributed by atoms with Crippen LogP contribution in [0.25, 0.3) is 0 Å². The molecule has 1 heterocycles. The number of nitrogens with two attached hydrogens (primary N) is 1. The number of urea groups is 1. The van der Waals surface area contributed by atoms with Crippen molar-refractivity contribution in [1.82, 2.24) is 9.80 Å². The molecule has 4 nitrogen and oxygen atoms in total. The third-order valence-corrected chi connectivity index (χ3v) is 4.05. The lowest BCUT2D eigenvalue weighted by Gasteiger charge is -2.23. The zero-order valence-corrected chi connectivity index (χ0v) is 10.2. The highest BCUT2D eigenvalue weighted by Gasteiger charge is 2.39. The van der Waals surface area contributed by atoms with E-state index in [4.69, 9.17) is 5.73 Å². The summed E-state index contributed by atoms with van der Waals surface area (Å²) in [5.41, 5.74) is 5.49. The van der Waals surface area contributed by atoms with Crippen LogP contribution in [-0.4, -0.2) is 48.6 Å². The largest absolute Gasteiger partial charge is 0.330 e. The Hall–Kier alpha value is -0.770. The lowest BCUT2D eigenvalue weighted by atomic mass is 9.98. The average molecular weight is 225 g/mol. The average Bonchev–Trinajstić information content (AvgIpc) is 2.88. The van der Waals surface area contributed by atoms with Crippen LogP contribution in [0, 0.1) is 5.92 Å². The number of carbonyl (C=O) groups is 1. The number of hydrogen-bond donors (Lipinski definition) is 1. The van der Waals surface area contributed by atoms with E-state index in [1.54, 1.807) is 0 Å². The molecule has 1 aliphatic carbocycles. The summed E-state index contributed by atoms with van der Waals surface area (Å²) in [4.78, 5) is 15.9. The Morgan fingerprint density at radius 2 is 2.06 bits per heavy atom. The quantitative estimate of drug-likeness (QED) is 0.783. The van der Waals surface area contributed by atoms with Crippen molar-refractivity contribution in [2.45, 2.75) is 38.1 Å². The van der Waals surface area contributed by atoms with Crippen LogP contribution < -0.4 is 5.73 Å². The number of likely N-dealkylation sites (N-methyl/N-ethyl adjacent to an activating group) is 1. The second-order valence-electron chi connectivity index (χ2n) is 5.09. The molecule has 1 aliphatic heterocycles. The second kappa shape index (κ2) is 5.04. The number of rotatable bonds is 4. The van der Waals surface area contributed by atoms with Gasteiger partial charge in [-0.2, -0.15) is 0 Å². The molecule has 2 rings (SSSR count). The van der Waals surface area contributed by atoms with Crippen LogP contribution in [0.4, 0.5) is 4.79 Å². The lowest BCUT2D eigenvalue weighted by Crippen LogP contribution is -2.35. The Balaban J connectivity index is 1.93. The van der Waals surface area contributed by atoms with Crippen LogP contribution >= 0.6 is 0 Å². The van der Waals surface area contributed by atoms with Gasteiger partial charge in [0.2, 0.25) is 0 Å². The van der Waals surface area contributed by atoms with E-state index in [-0.39, 0.29) is 6.03 Å². The Morgan fingerprint density at radius 1 is 1.38 bits per heavy atom. The fourth-order valence-corrected chi connectivity index (χ4v) is 3.07. The van der Waals surface area contributed by atoms with Crippen molar-refractivity contribution in [3.05, 3.63) is 0 Å². The number of carbonyl (C=O) groups excluding carboxylic acids is 1. The molecule has 1 saturated carbocycles. The first-order valence-electron chi connectivity index (χ1n) is 6.46. The van der Waals surface area contributed by atoms with E-state index in [2.05, 4.69) is 0 Å². The fourth-order valence-electron chi connectivity index (χ4n) is 3.07. The molecule has 0 spiro atoms. The lowest BCUT2D eigenvalue weighted by molar-refractivity contribution is 0.189. The third-order valence-electron chi connectivity index (χ3n) is 4.05. The van der Waals surface area contributed by atoms with Gasteiger partial charge in [-0.1, -0.05) is 12.8 Å². The Morgan fingerprint density at radius 3 is 2.69 bits per heavy atom. The van der Waals surface area contributed by atoms with Gasteiger partial charge in [-0.3, -0.25) is 0 Å². The maximum Gasteiger partial charge on any atom is 0.320 e. The van der Waals surface area contributed by atoms with Gasteiger partial charge in [0.15, 0.2) is 0 Å². The van der Waals surface area contributed by atoms with Crippen LogP contribution in [0.2, 0.25) is 0 Å². The van der Waals surface area contributed by atoms with Crippen molar-refractivity contribution in [3.63, 3.8) is 0 Å².